The molecule has 0 amide bonds. The number of benzene rings is 1. The van der Waals surface area contributed by atoms with E-state index in [1.54, 1.807) is 12.1 Å². The Labute approximate surface area is 113 Å². The van der Waals surface area contributed by atoms with Gasteiger partial charge in [-0.25, -0.2) is 0 Å². The molecular weight excluding hydrogens is 244 g/mol. The summed E-state index contributed by atoms with van der Waals surface area (Å²) in [5.41, 5.74) is 1.20. The number of nitro benzene ring substituents is 1. The number of hydrogen-bond acceptors (Lipinski definition) is 4. The molecule has 5 heteroatoms. The second-order valence-corrected chi connectivity index (χ2v) is 5.97. The molecule has 0 unspecified atom stereocenters. The molecule has 1 aromatic carbocycles. The van der Waals surface area contributed by atoms with E-state index in [0.717, 1.165) is 12.0 Å². The molecule has 0 aliphatic carbocycles. The first kappa shape index (κ1) is 14.0. The average Bonchev–Trinajstić information content (AvgIpc) is 2.38. The minimum Gasteiger partial charge on any atom is -0.359 e. The number of non-ortho nitro benzene ring substituents is 1. The molecule has 2 rings (SSSR count). The zero-order chi connectivity index (χ0) is 14.0. The van der Waals surface area contributed by atoms with Crippen molar-refractivity contribution in [1.29, 1.82) is 0 Å². The van der Waals surface area contributed by atoms with E-state index in [1.165, 1.54) is 12.1 Å². The highest BCUT2D eigenvalue weighted by molar-refractivity contribution is 5.33. The second-order valence-electron chi connectivity index (χ2n) is 5.97. The molecule has 1 aromatic rings. The summed E-state index contributed by atoms with van der Waals surface area (Å²) in [5, 5.41) is 14.1. The van der Waals surface area contributed by atoms with Crippen LogP contribution in [0.25, 0.3) is 0 Å². The third-order valence-corrected chi connectivity index (χ3v) is 3.50. The van der Waals surface area contributed by atoms with Gasteiger partial charge in [0.15, 0.2) is 0 Å². The van der Waals surface area contributed by atoms with Crippen LogP contribution in [0.15, 0.2) is 24.3 Å². The molecule has 5 nitrogen and oxygen atoms in total. The number of nitro groups is 1. The van der Waals surface area contributed by atoms with Crippen LogP contribution in [0.5, 0.6) is 0 Å². The summed E-state index contributed by atoms with van der Waals surface area (Å²) < 4.78 is 5.71. The molecule has 104 valence electrons. The van der Waals surface area contributed by atoms with Crippen molar-refractivity contribution in [2.24, 2.45) is 5.41 Å². The fraction of sp³-hybridized carbons (Fsp3) is 0.571. The number of nitrogens with one attached hydrogen (secondary N) is 1. The lowest BCUT2D eigenvalue weighted by Gasteiger charge is -2.39. The summed E-state index contributed by atoms with van der Waals surface area (Å²) in [5.74, 6) is 0. The molecule has 1 N–H and O–H groups in total. The lowest BCUT2D eigenvalue weighted by atomic mass is 9.84. The first-order valence-corrected chi connectivity index (χ1v) is 6.50. The van der Waals surface area contributed by atoms with Crippen LogP contribution in [0, 0.1) is 15.5 Å². The van der Waals surface area contributed by atoms with Gasteiger partial charge in [-0.05, 0) is 29.5 Å². The number of nitrogens with zero attached hydrogens (tertiary/aromatic N) is 1. The van der Waals surface area contributed by atoms with Gasteiger partial charge in [-0.2, -0.15) is 0 Å². The van der Waals surface area contributed by atoms with Gasteiger partial charge in [0.05, 0.1) is 11.5 Å². The highest BCUT2D eigenvalue weighted by Gasteiger charge is 2.31. The van der Waals surface area contributed by atoms with Crippen LogP contribution in [0.4, 0.5) is 5.69 Å². The monoisotopic (exact) mass is 264 g/mol. The Morgan fingerprint density at radius 1 is 1.32 bits per heavy atom. The Morgan fingerprint density at radius 2 is 1.95 bits per heavy atom. The van der Waals surface area contributed by atoms with Crippen molar-refractivity contribution in [3.05, 3.63) is 39.9 Å². The van der Waals surface area contributed by atoms with Crippen molar-refractivity contribution in [2.75, 3.05) is 6.61 Å². The molecule has 19 heavy (non-hydrogen) atoms. The van der Waals surface area contributed by atoms with Gasteiger partial charge < -0.3 is 4.74 Å². The van der Waals surface area contributed by atoms with Gasteiger partial charge >= 0.3 is 0 Å². The number of rotatable bonds is 2. The van der Waals surface area contributed by atoms with Gasteiger partial charge in [0.25, 0.3) is 5.69 Å². The van der Waals surface area contributed by atoms with E-state index in [0.29, 0.717) is 12.6 Å². The molecule has 0 bridgehead atoms. The third kappa shape index (κ3) is 3.30. The number of hydrogen-bond donors (Lipinski definition) is 1. The van der Waals surface area contributed by atoms with Crippen LogP contribution in [-0.4, -0.2) is 17.6 Å². The van der Waals surface area contributed by atoms with Gasteiger partial charge in [-0.3, -0.25) is 15.4 Å². The quantitative estimate of drug-likeness (QED) is 0.658. The van der Waals surface area contributed by atoms with Crippen molar-refractivity contribution >= 4 is 5.69 Å². The van der Waals surface area contributed by atoms with E-state index < -0.39 is 4.92 Å². The lowest BCUT2D eigenvalue weighted by Crippen LogP contribution is -2.47. The van der Waals surface area contributed by atoms with Crippen LogP contribution >= 0.6 is 0 Å². The molecule has 0 saturated carbocycles. The fourth-order valence-electron chi connectivity index (χ4n) is 2.26. The van der Waals surface area contributed by atoms with E-state index in [9.17, 15) is 10.1 Å². The predicted octanol–water partition coefficient (Wildman–Crippen LogP) is 3.02. The zero-order valence-electron chi connectivity index (χ0n) is 11.6. The van der Waals surface area contributed by atoms with Gasteiger partial charge in [0, 0.05) is 18.2 Å². The van der Waals surface area contributed by atoms with E-state index in [2.05, 4.69) is 26.1 Å². The average molecular weight is 264 g/mol. The highest BCUT2D eigenvalue weighted by atomic mass is 16.6. The molecule has 1 aliphatic rings. The maximum atomic E-state index is 10.6. The Hall–Kier alpha value is -1.46. The summed E-state index contributed by atoms with van der Waals surface area (Å²) in [4.78, 5) is 10.2. The van der Waals surface area contributed by atoms with Crippen LogP contribution in [-0.2, 0) is 4.74 Å². The molecule has 1 saturated heterocycles. The predicted molar refractivity (Wildman–Crippen MR) is 72.8 cm³/mol. The molecule has 1 fully saturated rings. The SMILES string of the molecule is CC(C)(C)[C@H]1CCO[C@@H](c2ccc([N+](=O)[O-])cc2)N1. The van der Waals surface area contributed by atoms with Crippen LogP contribution in [0.1, 0.15) is 39.0 Å². The summed E-state index contributed by atoms with van der Waals surface area (Å²) in [6, 6.07) is 6.91. The zero-order valence-corrected chi connectivity index (χ0v) is 11.6. The third-order valence-electron chi connectivity index (χ3n) is 3.50. The normalized spacial score (nSPS) is 24.2. The van der Waals surface area contributed by atoms with Crippen molar-refractivity contribution in [3.8, 4) is 0 Å². The Balaban J connectivity index is 2.11. The lowest BCUT2D eigenvalue weighted by molar-refractivity contribution is -0.384. The first-order valence-electron chi connectivity index (χ1n) is 6.50. The number of ether oxygens (including phenoxy) is 1. The topological polar surface area (TPSA) is 64.4 Å². The van der Waals surface area contributed by atoms with Gasteiger partial charge in [-0.15, -0.1) is 0 Å². The molecule has 1 aliphatic heterocycles. The standard InChI is InChI=1S/C14H20N2O3/c1-14(2,3)12-8-9-19-13(15-12)10-4-6-11(7-5-10)16(17)18/h4-7,12-13,15H,8-9H2,1-3H3/t12-,13+/m1/s1. The summed E-state index contributed by atoms with van der Waals surface area (Å²) >= 11 is 0. The Bertz CT molecular complexity index is 451. The maximum absolute atomic E-state index is 10.6. The van der Waals surface area contributed by atoms with Crippen LogP contribution in [0.2, 0.25) is 0 Å². The highest BCUT2D eigenvalue weighted by Crippen LogP contribution is 2.29. The minimum atomic E-state index is -0.392. The Morgan fingerprint density at radius 3 is 2.47 bits per heavy atom. The largest absolute Gasteiger partial charge is 0.359 e. The molecule has 1 heterocycles. The molecule has 0 spiro atoms. The van der Waals surface area contributed by atoms with Crippen molar-refractivity contribution in [1.82, 2.24) is 5.32 Å². The molecule has 2 atom stereocenters. The van der Waals surface area contributed by atoms with Gasteiger partial charge in [-0.1, -0.05) is 20.8 Å². The Kier molecular flexibility index (Phi) is 3.87. The first-order chi connectivity index (χ1) is 8.88. The summed E-state index contributed by atoms with van der Waals surface area (Å²) in [6.45, 7) is 7.30. The molecule has 0 radical (unpaired) electrons. The van der Waals surface area contributed by atoms with E-state index in [4.69, 9.17) is 4.74 Å². The van der Waals surface area contributed by atoms with Crippen LogP contribution < -0.4 is 5.32 Å². The second kappa shape index (κ2) is 5.27. The van der Waals surface area contributed by atoms with E-state index in [-0.39, 0.29) is 17.3 Å². The molecule has 0 aromatic heterocycles. The maximum Gasteiger partial charge on any atom is 0.269 e. The minimum absolute atomic E-state index is 0.104. The van der Waals surface area contributed by atoms with Crippen molar-refractivity contribution in [2.45, 2.75) is 39.5 Å². The smallest absolute Gasteiger partial charge is 0.269 e. The fourth-order valence-corrected chi connectivity index (χ4v) is 2.26. The van der Waals surface area contributed by atoms with Crippen molar-refractivity contribution < 1.29 is 9.66 Å². The summed E-state index contributed by atoms with van der Waals surface area (Å²) in [6.07, 6.45) is 0.797. The molecular formula is C14H20N2O3. The van der Waals surface area contributed by atoms with E-state index in [1.807, 2.05) is 0 Å². The van der Waals surface area contributed by atoms with E-state index >= 15 is 0 Å². The van der Waals surface area contributed by atoms with Gasteiger partial charge in [0.1, 0.15) is 6.23 Å². The summed E-state index contributed by atoms with van der Waals surface area (Å²) in [7, 11) is 0. The van der Waals surface area contributed by atoms with Crippen LogP contribution in [0.3, 0.4) is 0 Å². The van der Waals surface area contributed by atoms with Gasteiger partial charge in [0.2, 0.25) is 0 Å². The van der Waals surface area contributed by atoms with Crippen molar-refractivity contribution in [3.63, 3.8) is 0 Å².